The Kier molecular flexibility index (Phi) is 15.3. The molecule has 0 spiro atoms. The van der Waals surface area contributed by atoms with E-state index >= 15 is 0 Å². The standard InChI is InChI=1S/C20H31N3O5.ClH/c1-27-18(24)12-6-3-7-13-22-19(25)17(21)11-8-14-23-20(26)28-15-16-9-4-2-5-10-16;/h2,4-5,9-10,17H,3,6-8,11-15,21H2,1H3,(H,22,25)(H,23,26);1H/t17-;/m0./s1. The van der Waals surface area contributed by atoms with Gasteiger partial charge in [-0.1, -0.05) is 36.8 Å². The zero-order valence-electron chi connectivity index (χ0n) is 16.9. The Balaban J connectivity index is 0.00000784. The fraction of sp³-hybridized carbons (Fsp3) is 0.550. The smallest absolute Gasteiger partial charge is 0.407 e. The molecule has 0 aliphatic rings. The van der Waals surface area contributed by atoms with Crippen LogP contribution in [0.25, 0.3) is 0 Å². The Hall–Kier alpha value is -2.32. The highest BCUT2D eigenvalue weighted by Crippen LogP contribution is 2.02. The molecule has 4 N–H and O–H groups in total. The zero-order chi connectivity index (χ0) is 20.6. The SMILES string of the molecule is COC(=O)CCCCCNC(=O)[C@@H](N)CCCNC(=O)OCc1ccccc1.Cl. The summed E-state index contributed by atoms with van der Waals surface area (Å²) in [5, 5.41) is 5.42. The number of methoxy groups -OCH3 is 1. The van der Waals surface area contributed by atoms with Crippen LogP contribution in [0.4, 0.5) is 4.79 Å². The highest BCUT2D eigenvalue weighted by Gasteiger charge is 2.12. The van der Waals surface area contributed by atoms with Gasteiger partial charge in [-0.2, -0.15) is 0 Å². The van der Waals surface area contributed by atoms with Crippen molar-refractivity contribution in [1.29, 1.82) is 0 Å². The minimum atomic E-state index is -0.614. The Bertz CT molecular complexity index is 601. The minimum Gasteiger partial charge on any atom is -0.469 e. The predicted molar refractivity (Wildman–Crippen MR) is 113 cm³/mol. The van der Waals surface area contributed by atoms with E-state index in [1.54, 1.807) is 0 Å². The van der Waals surface area contributed by atoms with Gasteiger partial charge in [0.05, 0.1) is 13.2 Å². The molecule has 8 nitrogen and oxygen atoms in total. The molecular formula is C20H32ClN3O5. The lowest BCUT2D eigenvalue weighted by molar-refractivity contribution is -0.140. The molecule has 0 bridgehead atoms. The van der Waals surface area contributed by atoms with Gasteiger partial charge in [-0.05, 0) is 31.2 Å². The Morgan fingerprint density at radius 3 is 2.38 bits per heavy atom. The number of carbonyl (C=O) groups excluding carboxylic acids is 3. The molecule has 1 atom stereocenters. The quantitative estimate of drug-likeness (QED) is 0.327. The number of alkyl carbamates (subject to hydrolysis) is 1. The maximum atomic E-state index is 11.9. The average molecular weight is 430 g/mol. The third-order valence-corrected chi connectivity index (χ3v) is 4.10. The van der Waals surface area contributed by atoms with Crippen molar-refractivity contribution in [3.05, 3.63) is 35.9 Å². The molecule has 9 heteroatoms. The van der Waals surface area contributed by atoms with Crippen LogP contribution in [0.5, 0.6) is 0 Å². The monoisotopic (exact) mass is 429 g/mol. The molecule has 0 unspecified atom stereocenters. The van der Waals surface area contributed by atoms with Crippen molar-refractivity contribution in [2.24, 2.45) is 5.73 Å². The summed E-state index contributed by atoms with van der Waals surface area (Å²) in [6.45, 7) is 1.13. The van der Waals surface area contributed by atoms with E-state index in [0.29, 0.717) is 32.4 Å². The number of ether oxygens (including phenoxy) is 2. The molecule has 1 aromatic carbocycles. The van der Waals surface area contributed by atoms with E-state index in [1.807, 2.05) is 30.3 Å². The van der Waals surface area contributed by atoms with Gasteiger partial charge >= 0.3 is 12.1 Å². The van der Waals surface area contributed by atoms with Crippen LogP contribution in [-0.4, -0.2) is 44.2 Å². The largest absolute Gasteiger partial charge is 0.469 e. The summed E-state index contributed by atoms with van der Waals surface area (Å²) in [6, 6.07) is 8.80. The van der Waals surface area contributed by atoms with E-state index in [9.17, 15) is 14.4 Å². The van der Waals surface area contributed by atoms with E-state index < -0.39 is 12.1 Å². The number of nitrogens with one attached hydrogen (secondary N) is 2. The lowest BCUT2D eigenvalue weighted by Gasteiger charge is -2.12. The Morgan fingerprint density at radius 1 is 1.00 bits per heavy atom. The summed E-state index contributed by atoms with van der Waals surface area (Å²) in [5.74, 6) is -0.428. The van der Waals surface area contributed by atoms with Crippen LogP contribution in [0, 0.1) is 0 Å². The topological polar surface area (TPSA) is 120 Å². The first kappa shape index (κ1) is 26.7. The molecule has 0 aliphatic carbocycles. The number of halogens is 1. The predicted octanol–water partition coefficient (Wildman–Crippen LogP) is 2.29. The molecular weight excluding hydrogens is 398 g/mol. The maximum Gasteiger partial charge on any atom is 0.407 e. The van der Waals surface area contributed by atoms with Crippen molar-refractivity contribution < 1.29 is 23.9 Å². The molecule has 2 amide bonds. The van der Waals surface area contributed by atoms with Gasteiger partial charge in [0, 0.05) is 19.5 Å². The molecule has 1 aromatic rings. The second kappa shape index (κ2) is 16.6. The highest BCUT2D eigenvalue weighted by molar-refractivity contribution is 5.85. The number of benzene rings is 1. The van der Waals surface area contributed by atoms with Crippen LogP contribution < -0.4 is 16.4 Å². The van der Waals surface area contributed by atoms with E-state index in [-0.39, 0.29) is 30.9 Å². The molecule has 164 valence electrons. The van der Waals surface area contributed by atoms with Crippen LogP contribution in [0.1, 0.15) is 44.1 Å². The summed E-state index contributed by atoms with van der Waals surface area (Å²) < 4.78 is 9.66. The number of nitrogens with two attached hydrogens (primary N) is 1. The summed E-state index contributed by atoms with van der Waals surface area (Å²) in [7, 11) is 1.37. The number of unbranched alkanes of at least 4 members (excludes halogenated alkanes) is 2. The lowest BCUT2D eigenvalue weighted by atomic mass is 10.1. The maximum absolute atomic E-state index is 11.9. The molecule has 0 saturated heterocycles. The fourth-order valence-electron chi connectivity index (χ4n) is 2.43. The average Bonchev–Trinajstić information content (AvgIpc) is 2.72. The van der Waals surface area contributed by atoms with Crippen molar-refractivity contribution in [1.82, 2.24) is 10.6 Å². The van der Waals surface area contributed by atoms with E-state index in [2.05, 4.69) is 15.4 Å². The van der Waals surface area contributed by atoms with E-state index in [1.165, 1.54) is 7.11 Å². The van der Waals surface area contributed by atoms with Crippen LogP contribution in [0.3, 0.4) is 0 Å². The van der Waals surface area contributed by atoms with Gasteiger partial charge < -0.3 is 25.8 Å². The molecule has 0 heterocycles. The van der Waals surface area contributed by atoms with Crippen LogP contribution >= 0.6 is 12.4 Å². The Labute approximate surface area is 178 Å². The second-order valence-electron chi connectivity index (χ2n) is 6.42. The third kappa shape index (κ3) is 13.5. The van der Waals surface area contributed by atoms with Gasteiger partial charge in [-0.3, -0.25) is 9.59 Å². The first-order valence-corrected chi connectivity index (χ1v) is 9.57. The summed E-state index contributed by atoms with van der Waals surface area (Å²) >= 11 is 0. The Morgan fingerprint density at radius 2 is 1.69 bits per heavy atom. The van der Waals surface area contributed by atoms with Crippen molar-refractivity contribution in [2.75, 3.05) is 20.2 Å². The van der Waals surface area contributed by atoms with Crippen molar-refractivity contribution in [3.8, 4) is 0 Å². The summed E-state index contributed by atoms with van der Waals surface area (Å²) in [6.07, 6.45) is 3.30. The third-order valence-electron chi connectivity index (χ3n) is 4.10. The van der Waals surface area contributed by atoms with Gasteiger partial charge in [0.15, 0.2) is 0 Å². The molecule has 0 saturated carbocycles. The normalized spacial score (nSPS) is 11.0. The summed E-state index contributed by atoms with van der Waals surface area (Å²) in [4.78, 5) is 34.5. The van der Waals surface area contributed by atoms with Crippen molar-refractivity contribution in [3.63, 3.8) is 0 Å². The molecule has 0 fully saturated rings. The fourth-order valence-corrected chi connectivity index (χ4v) is 2.43. The van der Waals surface area contributed by atoms with Gasteiger partial charge in [-0.25, -0.2) is 4.79 Å². The first-order chi connectivity index (χ1) is 13.5. The second-order valence-corrected chi connectivity index (χ2v) is 6.42. The first-order valence-electron chi connectivity index (χ1n) is 9.57. The number of amides is 2. The van der Waals surface area contributed by atoms with E-state index in [4.69, 9.17) is 10.5 Å². The van der Waals surface area contributed by atoms with Crippen molar-refractivity contribution in [2.45, 2.75) is 51.2 Å². The lowest BCUT2D eigenvalue weighted by Crippen LogP contribution is -2.41. The number of rotatable bonds is 13. The highest BCUT2D eigenvalue weighted by atomic mass is 35.5. The van der Waals surface area contributed by atoms with Gasteiger partial charge in [0.25, 0.3) is 0 Å². The molecule has 29 heavy (non-hydrogen) atoms. The number of carbonyl (C=O) groups is 3. The number of esters is 1. The molecule has 1 rings (SSSR count). The summed E-state index contributed by atoms with van der Waals surface area (Å²) in [5.41, 5.74) is 6.77. The number of hydrogen-bond acceptors (Lipinski definition) is 6. The zero-order valence-corrected chi connectivity index (χ0v) is 17.7. The van der Waals surface area contributed by atoms with E-state index in [0.717, 1.165) is 24.8 Å². The van der Waals surface area contributed by atoms with Crippen LogP contribution in [0.15, 0.2) is 30.3 Å². The number of hydrogen-bond donors (Lipinski definition) is 3. The minimum absolute atomic E-state index is 0. The van der Waals surface area contributed by atoms with Crippen LogP contribution in [0.2, 0.25) is 0 Å². The molecule has 0 radical (unpaired) electrons. The van der Waals surface area contributed by atoms with Gasteiger partial charge in [0.2, 0.25) is 5.91 Å². The van der Waals surface area contributed by atoms with Gasteiger partial charge in [0.1, 0.15) is 6.61 Å². The van der Waals surface area contributed by atoms with Crippen molar-refractivity contribution >= 4 is 30.4 Å². The van der Waals surface area contributed by atoms with Crippen LogP contribution in [-0.2, 0) is 25.7 Å². The van der Waals surface area contributed by atoms with Gasteiger partial charge in [-0.15, -0.1) is 12.4 Å². The molecule has 0 aromatic heterocycles. The molecule has 0 aliphatic heterocycles.